The highest BCUT2D eigenvalue weighted by atomic mass is 32.1. The SMILES string of the molecule is O=C(CCn1c(-c2cccs2)n[nH]c1=S)NC[C@@H]1CCC[C@H]1O. The van der Waals surface area contributed by atoms with Gasteiger partial charge in [-0.1, -0.05) is 12.5 Å². The van der Waals surface area contributed by atoms with Crippen LogP contribution in [0, 0.1) is 10.7 Å². The van der Waals surface area contributed by atoms with E-state index in [9.17, 15) is 9.90 Å². The number of aromatic nitrogens is 3. The summed E-state index contributed by atoms with van der Waals surface area (Å²) < 4.78 is 2.37. The number of nitrogens with one attached hydrogen (secondary N) is 2. The summed E-state index contributed by atoms with van der Waals surface area (Å²) in [5, 5.41) is 21.7. The summed E-state index contributed by atoms with van der Waals surface area (Å²) in [5.41, 5.74) is 0. The number of amides is 1. The minimum atomic E-state index is -0.275. The molecule has 1 saturated carbocycles. The second kappa shape index (κ2) is 7.37. The molecular weight excluding hydrogens is 332 g/mol. The lowest BCUT2D eigenvalue weighted by molar-refractivity contribution is -0.121. The summed E-state index contributed by atoms with van der Waals surface area (Å²) in [6.45, 7) is 1.04. The number of hydrogen-bond acceptors (Lipinski definition) is 5. The first-order chi connectivity index (χ1) is 11.1. The van der Waals surface area contributed by atoms with E-state index in [0.29, 0.717) is 24.3 Å². The molecule has 2 aromatic rings. The fourth-order valence-electron chi connectivity index (χ4n) is 2.92. The number of thiophene rings is 1. The van der Waals surface area contributed by atoms with Gasteiger partial charge in [-0.15, -0.1) is 11.3 Å². The Morgan fingerprint density at radius 2 is 2.43 bits per heavy atom. The van der Waals surface area contributed by atoms with Crippen molar-refractivity contribution in [3.8, 4) is 10.7 Å². The predicted molar refractivity (Wildman–Crippen MR) is 91.7 cm³/mol. The number of H-pyrrole nitrogens is 1. The van der Waals surface area contributed by atoms with Crippen LogP contribution in [0.4, 0.5) is 0 Å². The molecule has 23 heavy (non-hydrogen) atoms. The van der Waals surface area contributed by atoms with Gasteiger partial charge in [0.1, 0.15) is 0 Å². The number of nitrogens with zero attached hydrogens (tertiary/aromatic N) is 2. The van der Waals surface area contributed by atoms with E-state index in [2.05, 4.69) is 15.5 Å². The highest BCUT2D eigenvalue weighted by Gasteiger charge is 2.25. The topological polar surface area (TPSA) is 82.9 Å². The van der Waals surface area contributed by atoms with Gasteiger partial charge in [-0.3, -0.25) is 14.5 Å². The predicted octanol–water partition coefficient (Wildman–Crippen LogP) is 2.34. The van der Waals surface area contributed by atoms with E-state index in [1.807, 2.05) is 22.1 Å². The number of aliphatic hydroxyl groups excluding tert-OH is 1. The molecule has 0 aromatic carbocycles. The summed E-state index contributed by atoms with van der Waals surface area (Å²) >= 11 is 6.84. The van der Waals surface area contributed by atoms with E-state index in [1.165, 1.54) is 0 Å². The molecular formula is C15H20N4O2S2. The van der Waals surface area contributed by atoms with Gasteiger partial charge in [0, 0.05) is 25.4 Å². The van der Waals surface area contributed by atoms with E-state index >= 15 is 0 Å². The van der Waals surface area contributed by atoms with Gasteiger partial charge in [-0.05, 0) is 36.5 Å². The zero-order chi connectivity index (χ0) is 16.2. The fourth-order valence-corrected chi connectivity index (χ4v) is 3.87. The monoisotopic (exact) mass is 352 g/mol. The van der Waals surface area contributed by atoms with Gasteiger partial charge in [0.25, 0.3) is 0 Å². The third-order valence-electron chi connectivity index (χ3n) is 4.24. The lowest BCUT2D eigenvalue weighted by Crippen LogP contribution is -2.32. The van der Waals surface area contributed by atoms with Crippen LogP contribution in [0.15, 0.2) is 17.5 Å². The molecule has 3 N–H and O–H groups in total. The van der Waals surface area contributed by atoms with Crippen LogP contribution < -0.4 is 5.32 Å². The van der Waals surface area contributed by atoms with Crippen molar-refractivity contribution < 1.29 is 9.90 Å². The molecule has 1 amide bonds. The maximum atomic E-state index is 12.0. The minimum absolute atomic E-state index is 0.0238. The molecule has 0 bridgehead atoms. The molecule has 8 heteroatoms. The lowest BCUT2D eigenvalue weighted by Gasteiger charge is -2.15. The number of aliphatic hydroxyl groups is 1. The van der Waals surface area contributed by atoms with Crippen molar-refractivity contribution in [1.29, 1.82) is 0 Å². The molecule has 6 nitrogen and oxygen atoms in total. The Labute approximate surface area is 143 Å². The number of carbonyl (C=O) groups excluding carboxylic acids is 1. The molecule has 2 heterocycles. The van der Waals surface area contributed by atoms with Crippen LogP contribution in [0.2, 0.25) is 0 Å². The molecule has 3 rings (SSSR count). The van der Waals surface area contributed by atoms with E-state index in [0.717, 1.165) is 30.0 Å². The third kappa shape index (κ3) is 3.88. The van der Waals surface area contributed by atoms with Crippen molar-refractivity contribution in [2.24, 2.45) is 5.92 Å². The smallest absolute Gasteiger partial charge is 0.221 e. The van der Waals surface area contributed by atoms with E-state index in [-0.39, 0.29) is 17.9 Å². The number of hydrogen-bond donors (Lipinski definition) is 3. The van der Waals surface area contributed by atoms with Crippen LogP contribution in [0.1, 0.15) is 25.7 Å². The van der Waals surface area contributed by atoms with Crippen LogP contribution in [-0.4, -0.2) is 38.4 Å². The average molecular weight is 352 g/mol. The van der Waals surface area contributed by atoms with Crippen molar-refractivity contribution in [3.05, 3.63) is 22.3 Å². The van der Waals surface area contributed by atoms with Crippen LogP contribution in [0.25, 0.3) is 10.7 Å². The first-order valence-electron chi connectivity index (χ1n) is 7.79. The number of rotatable bonds is 6. The van der Waals surface area contributed by atoms with Crippen molar-refractivity contribution in [3.63, 3.8) is 0 Å². The largest absolute Gasteiger partial charge is 0.393 e. The molecule has 0 spiro atoms. The maximum absolute atomic E-state index is 12.0. The van der Waals surface area contributed by atoms with Gasteiger partial charge in [-0.2, -0.15) is 5.10 Å². The van der Waals surface area contributed by atoms with Gasteiger partial charge >= 0.3 is 0 Å². The van der Waals surface area contributed by atoms with Crippen LogP contribution >= 0.6 is 23.6 Å². The van der Waals surface area contributed by atoms with Gasteiger partial charge in [-0.25, -0.2) is 0 Å². The van der Waals surface area contributed by atoms with E-state index in [1.54, 1.807) is 11.3 Å². The summed E-state index contributed by atoms with van der Waals surface area (Å²) in [6, 6.07) is 3.94. The lowest BCUT2D eigenvalue weighted by atomic mass is 10.1. The maximum Gasteiger partial charge on any atom is 0.221 e. The summed E-state index contributed by atoms with van der Waals surface area (Å²) in [4.78, 5) is 13.1. The second-order valence-electron chi connectivity index (χ2n) is 5.79. The Bertz CT molecular complexity index is 707. The summed E-state index contributed by atoms with van der Waals surface area (Å²) in [7, 11) is 0. The highest BCUT2D eigenvalue weighted by Crippen LogP contribution is 2.25. The standard InChI is InChI=1S/C15H20N4O2S2/c20-11-4-1-3-10(11)9-16-13(21)6-7-19-14(17-18-15(19)22)12-5-2-8-23-12/h2,5,8,10-11,20H,1,3-4,6-7,9H2,(H,16,21)(H,18,22)/t10-,11+/m0/s1. The molecule has 0 unspecified atom stereocenters. The van der Waals surface area contributed by atoms with Crippen molar-refractivity contribution >= 4 is 29.5 Å². The first kappa shape index (κ1) is 16.4. The quantitative estimate of drug-likeness (QED) is 0.697. The summed E-state index contributed by atoms with van der Waals surface area (Å²) in [6.07, 6.45) is 2.93. The Balaban J connectivity index is 1.55. The Hall–Kier alpha value is -1.51. The van der Waals surface area contributed by atoms with Crippen LogP contribution in [0.5, 0.6) is 0 Å². The summed E-state index contributed by atoms with van der Waals surface area (Å²) in [5.74, 6) is 0.935. The molecule has 2 aromatic heterocycles. The first-order valence-corrected chi connectivity index (χ1v) is 9.08. The molecule has 0 aliphatic heterocycles. The van der Waals surface area contributed by atoms with Gasteiger partial charge in [0.15, 0.2) is 10.6 Å². The molecule has 1 aliphatic rings. The van der Waals surface area contributed by atoms with Crippen LogP contribution in [-0.2, 0) is 11.3 Å². The molecule has 0 saturated heterocycles. The molecule has 2 atom stereocenters. The number of aromatic amines is 1. The van der Waals surface area contributed by atoms with Crippen molar-refractivity contribution in [2.45, 2.75) is 38.3 Å². The molecule has 0 radical (unpaired) electrons. The normalized spacial score (nSPS) is 20.7. The zero-order valence-electron chi connectivity index (χ0n) is 12.7. The van der Waals surface area contributed by atoms with E-state index < -0.39 is 0 Å². The van der Waals surface area contributed by atoms with Crippen LogP contribution in [0.3, 0.4) is 0 Å². The molecule has 1 fully saturated rings. The van der Waals surface area contributed by atoms with Gasteiger partial charge in [0.05, 0.1) is 11.0 Å². The van der Waals surface area contributed by atoms with Gasteiger partial charge in [0.2, 0.25) is 5.91 Å². The van der Waals surface area contributed by atoms with E-state index in [4.69, 9.17) is 12.2 Å². The fraction of sp³-hybridized carbons (Fsp3) is 0.533. The third-order valence-corrected chi connectivity index (χ3v) is 5.42. The Kier molecular flexibility index (Phi) is 5.24. The molecule has 1 aliphatic carbocycles. The Morgan fingerprint density at radius 3 is 3.13 bits per heavy atom. The average Bonchev–Trinajstić information content (AvgIpc) is 3.25. The highest BCUT2D eigenvalue weighted by molar-refractivity contribution is 7.71. The van der Waals surface area contributed by atoms with Gasteiger partial charge < -0.3 is 10.4 Å². The number of carbonyl (C=O) groups is 1. The molecule has 124 valence electrons. The van der Waals surface area contributed by atoms with Crippen molar-refractivity contribution in [1.82, 2.24) is 20.1 Å². The zero-order valence-corrected chi connectivity index (χ0v) is 14.3. The Morgan fingerprint density at radius 1 is 1.57 bits per heavy atom. The van der Waals surface area contributed by atoms with Crippen molar-refractivity contribution in [2.75, 3.05) is 6.54 Å². The second-order valence-corrected chi connectivity index (χ2v) is 7.13. The minimum Gasteiger partial charge on any atom is -0.393 e.